The Kier molecular flexibility index (Phi) is 1.03. The van der Waals surface area contributed by atoms with Crippen molar-refractivity contribution in [1.29, 1.82) is 5.26 Å². The van der Waals surface area contributed by atoms with Gasteiger partial charge in [-0.15, -0.1) is 0 Å². The fraction of sp³-hybridized carbons (Fsp3) is 0. The van der Waals surface area contributed by atoms with Crippen LogP contribution in [0.1, 0.15) is 6.93 Å². The highest BCUT2D eigenvalue weighted by Gasteiger charge is 1.92. The number of nitriles is 1. The molecule has 0 spiro atoms. The number of pyridine rings is 1. The first-order valence-corrected chi connectivity index (χ1v) is 2.36. The predicted molar refractivity (Wildman–Crippen MR) is 33.4 cm³/mol. The van der Waals surface area contributed by atoms with Crippen LogP contribution in [-0.4, -0.2) is 4.98 Å². The summed E-state index contributed by atoms with van der Waals surface area (Å²) in [5.74, 6) is 0.179. The van der Waals surface area contributed by atoms with E-state index in [-0.39, 0.29) is 17.4 Å². The van der Waals surface area contributed by atoms with Gasteiger partial charge in [0, 0.05) is 6.20 Å². The van der Waals surface area contributed by atoms with Crippen molar-refractivity contribution in [1.82, 2.24) is 4.98 Å². The van der Waals surface area contributed by atoms with Crippen LogP contribution >= 0.6 is 0 Å². The molecule has 0 bridgehead atoms. The van der Waals surface area contributed by atoms with E-state index in [2.05, 4.69) is 4.98 Å². The van der Waals surface area contributed by atoms with Gasteiger partial charge in [0.05, 0.1) is 6.93 Å². The molecule has 1 heterocycles. The lowest BCUT2D eigenvalue weighted by Gasteiger charge is -1.90. The molecular formula is C6H5N3. The van der Waals surface area contributed by atoms with Crippen molar-refractivity contribution in [3.63, 3.8) is 0 Å². The Morgan fingerprint density at radius 2 is 2.67 bits per heavy atom. The standard InChI is InChI=1S/C6H5N3/c7-4-5-2-1-3-9-6(5)8/h1-3H,(H2,8,9)/i1D. The molecule has 0 radical (unpaired) electrons. The molecule has 0 saturated heterocycles. The van der Waals surface area contributed by atoms with Crippen LogP contribution in [0.4, 0.5) is 5.82 Å². The summed E-state index contributed by atoms with van der Waals surface area (Å²) in [4.78, 5) is 3.62. The Bertz CT molecular complexity index is 290. The van der Waals surface area contributed by atoms with Gasteiger partial charge in [-0.1, -0.05) is 0 Å². The Morgan fingerprint density at radius 1 is 1.89 bits per heavy atom. The van der Waals surface area contributed by atoms with Crippen LogP contribution in [0.15, 0.2) is 18.3 Å². The van der Waals surface area contributed by atoms with Gasteiger partial charge in [-0.2, -0.15) is 5.26 Å². The lowest BCUT2D eigenvalue weighted by Crippen LogP contribution is -1.91. The molecule has 0 saturated carbocycles. The molecule has 0 aliphatic carbocycles. The van der Waals surface area contributed by atoms with Crippen molar-refractivity contribution >= 4 is 5.82 Å². The number of hydrogen-bond acceptors (Lipinski definition) is 3. The Balaban J connectivity index is 3.25. The topological polar surface area (TPSA) is 62.7 Å². The van der Waals surface area contributed by atoms with Gasteiger partial charge in [0.15, 0.2) is 0 Å². The fourth-order valence-electron chi connectivity index (χ4n) is 0.460. The van der Waals surface area contributed by atoms with Crippen molar-refractivity contribution in [3.05, 3.63) is 23.9 Å². The van der Waals surface area contributed by atoms with Crippen LogP contribution < -0.4 is 5.73 Å². The first-order chi connectivity index (χ1) is 4.74. The molecule has 0 atom stereocenters. The predicted octanol–water partition coefficient (Wildman–Crippen LogP) is 0.535. The number of nitrogens with zero attached hydrogens (tertiary/aromatic N) is 2. The highest BCUT2D eigenvalue weighted by atomic mass is 14.8. The van der Waals surface area contributed by atoms with Crippen molar-refractivity contribution in [2.45, 2.75) is 0 Å². The average Bonchev–Trinajstić information content (AvgIpc) is 1.94. The van der Waals surface area contributed by atoms with E-state index in [1.165, 1.54) is 12.3 Å². The Labute approximate surface area is 54.2 Å². The quantitative estimate of drug-likeness (QED) is 0.543. The maximum absolute atomic E-state index is 8.39. The third-order valence-corrected chi connectivity index (χ3v) is 0.902. The zero-order valence-corrected chi connectivity index (χ0v) is 4.63. The van der Waals surface area contributed by atoms with Crippen molar-refractivity contribution in [3.8, 4) is 6.07 Å². The van der Waals surface area contributed by atoms with Gasteiger partial charge in [0.1, 0.15) is 11.9 Å². The summed E-state index contributed by atoms with van der Waals surface area (Å²) < 4.78 is 7.07. The number of rotatable bonds is 0. The van der Waals surface area contributed by atoms with E-state index < -0.39 is 0 Å². The van der Waals surface area contributed by atoms with E-state index in [4.69, 9.17) is 12.4 Å². The fourth-order valence-corrected chi connectivity index (χ4v) is 0.460. The maximum Gasteiger partial charge on any atom is 0.141 e. The minimum Gasteiger partial charge on any atom is -0.383 e. The van der Waals surface area contributed by atoms with Crippen LogP contribution in [0, 0.1) is 11.3 Å². The van der Waals surface area contributed by atoms with Gasteiger partial charge in [-0.25, -0.2) is 4.98 Å². The number of hydrogen-bond donors (Lipinski definition) is 1. The van der Waals surface area contributed by atoms with Crippen molar-refractivity contribution in [2.75, 3.05) is 5.73 Å². The summed E-state index contributed by atoms with van der Waals surface area (Å²) in [6.45, 7) is 0. The zero-order chi connectivity index (χ0) is 7.56. The molecule has 0 amide bonds. The highest BCUT2D eigenvalue weighted by molar-refractivity contribution is 5.46. The molecule has 0 aliphatic rings. The molecule has 0 aromatic carbocycles. The van der Waals surface area contributed by atoms with Gasteiger partial charge in [0.2, 0.25) is 0 Å². The minimum absolute atomic E-state index is 0.179. The van der Waals surface area contributed by atoms with Gasteiger partial charge in [-0.05, 0) is 12.1 Å². The normalized spacial score (nSPS) is 9.89. The second kappa shape index (κ2) is 2.14. The van der Waals surface area contributed by atoms with Crippen LogP contribution in [0.2, 0.25) is 0 Å². The lowest BCUT2D eigenvalue weighted by atomic mass is 10.3. The van der Waals surface area contributed by atoms with Gasteiger partial charge in [0.25, 0.3) is 0 Å². The summed E-state index contributed by atoms with van der Waals surface area (Å²) in [7, 11) is 0. The van der Waals surface area contributed by atoms with E-state index in [1.54, 1.807) is 0 Å². The second-order valence-electron chi connectivity index (χ2n) is 1.48. The van der Waals surface area contributed by atoms with Gasteiger partial charge in [-0.3, -0.25) is 0 Å². The smallest absolute Gasteiger partial charge is 0.141 e. The molecule has 0 fully saturated rings. The molecule has 0 aliphatic heterocycles. The van der Waals surface area contributed by atoms with E-state index in [0.717, 1.165) is 0 Å². The maximum atomic E-state index is 8.39. The summed E-state index contributed by atoms with van der Waals surface area (Å²) >= 11 is 0. The largest absolute Gasteiger partial charge is 0.383 e. The zero-order valence-electron chi connectivity index (χ0n) is 5.63. The number of nitrogens with two attached hydrogens (primary N) is 1. The summed E-state index contributed by atoms with van der Waals surface area (Å²) in [6.07, 6.45) is 1.30. The number of aromatic nitrogens is 1. The van der Waals surface area contributed by atoms with Gasteiger partial charge < -0.3 is 5.73 Å². The monoisotopic (exact) mass is 120 g/mol. The molecule has 9 heavy (non-hydrogen) atoms. The summed E-state index contributed by atoms with van der Waals surface area (Å²) in [5.41, 5.74) is 5.54. The second-order valence-corrected chi connectivity index (χ2v) is 1.48. The molecule has 44 valence electrons. The molecule has 3 heteroatoms. The first-order valence-electron chi connectivity index (χ1n) is 2.86. The van der Waals surface area contributed by atoms with E-state index in [1.807, 2.05) is 6.07 Å². The molecular weight excluding hydrogens is 114 g/mol. The number of anilines is 1. The van der Waals surface area contributed by atoms with E-state index >= 15 is 0 Å². The van der Waals surface area contributed by atoms with Crippen molar-refractivity contribution < 1.29 is 1.37 Å². The van der Waals surface area contributed by atoms with Crippen LogP contribution in [0.25, 0.3) is 0 Å². The third kappa shape index (κ3) is 0.970. The van der Waals surface area contributed by atoms with Gasteiger partial charge >= 0.3 is 0 Å². The van der Waals surface area contributed by atoms with E-state index in [0.29, 0.717) is 0 Å². The molecule has 2 N–H and O–H groups in total. The number of nitrogen functional groups attached to an aromatic ring is 1. The Hall–Kier alpha value is -1.56. The van der Waals surface area contributed by atoms with Crippen LogP contribution in [0.5, 0.6) is 0 Å². The third-order valence-electron chi connectivity index (χ3n) is 0.902. The SMILES string of the molecule is [2H]c1cnc(N)c(C#N)c1. The van der Waals surface area contributed by atoms with Crippen LogP contribution in [-0.2, 0) is 0 Å². The molecule has 1 rings (SSSR count). The average molecular weight is 120 g/mol. The molecule has 1 aromatic rings. The van der Waals surface area contributed by atoms with Crippen LogP contribution in [0.3, 0.4) is 0 Å². The Morgan fingerprint density at radius 3 is 3.22 bits per heavy atom. The summed E-state index contributed by atoms with van der Waals surface area (Å²) in [6, 6.07) is 3.41. The minimum atomic E-state index is 0.179. The molecule has 0 unspecified atom stereocenters. The van der Waals surface area contributed by atoms with E-state index in [9.17, 15) is 0 Å². The molecule has 3 nitrogen and oxygen atoms in total. The lowest BCUT2D eigenvalue weighted by molar-refractivity contribution is 1.31. The van der Waals surface area contributed by atoms with Crippen molar-refractivity contribution in [2.24, 2.45) is 0 Å². The summed E-state index contributed by atoms with van der Waals surface area (Å²) in [5, 5.41) is 8.39. The molecule has 1 aromatic heterocycles. The highest BCUT2D eigenvalue weighted by Crippen LogP contribution is 2.02. The first kappa shape index (κ1) is 4.33.